The zero-order chi connectivity index (χ0) is 10.6. The Labute approximate surface area is 77.2 Å². The van der Waals surface area contributed by atoms with E-state index in [-0.39, 0.29) is 12.2 Å². The van der Waals surface area contributed by atoms with Gasteiger partial charge in [-0.25, -0.2) is 0 Å². The van der Waals surface area contributed by atoms with Crippen molar-refractivity contribution in [1.82, 2.24) is 0 Å². The number of Topliss-reactive ketones (excluding diaryl/α,β-unsaturated/α-hetero) is 2. The molecule has 0 saturated carbocycles. The summed E-state index contributed by atoms with van der Waals surface area (Å²) in [6.07, 6.45) is -0.328. The highest BCUT2D eigenvalue weighted by molar-refractivity contribution is 7.88. The van der Waals surface area contributed by atoms with Gasteiger partial charge in [0.25, 0.3) is 10.1 Å². The number of rotatable bonds is 5. The van der Waals surface area contributed by atoms with Crippen molar-refractivity contribution in [3.8, 4) is 0 Å². The molecule has 13 heavy (non-hydrogen) atoms. The first-order valence-corrected chi connectivity index (χ1v) is 5.07. The van der Waals surface area contributed by atoms with Crippen molar-refractivity contribution in [3.63, 3.8) is 0 Å². The Morgan fingerprint density at radius 1 is 1.31 bits per heavy atom. The summed E-state index contributed by atoms with van der Waals surface area (Å²) < 4.78 is 26.3. The van der Waals surface area contributed by atoms with Crippen LogP contribution in [0.15, 0.2) is 0 Å². The van der Waals surface area contributed by atoms with Crippen LogP contribution in [0.5, 0.6) is 0 Å². The quantitative estimate of drug-likeness (QED) is 0.589. The second-order valence-electron chi connectivity index (χ2n) is 2.66. The molecule has 1 unspecified atom stereocenters. The minimum absolute atomic E-state index is 0.328. The molecule has 76 valence electrons. The number of carbonyl (C=O) groups is 2. The van der Waals surface area contributed by atoms with Gasteiger partial charge in [0, 0.05) is 6.42 Å². The molecular formula is C7H12O5S. The van der Waals surface area contributed by atoms with Gasteiger partial charge >= 0.3 is 0 Å². The summed E-state index contributed by atoms with van der Waals surface area (Å²) in [5, 5.41) is -1.37. The van der Waals surface area contributed by atoms with Gasteiger partial charge in [-0.1, -0.05) is 0 Å². The lowest BCUT2D eigenvalue weighted by molar-refractivity contribution is -0.121. The third-order valence-corrected chi connectivity index (χ3v) is 3.17. The molecular weight excluding hydrogens is 196 g/mol. The third kappa shape index (κ3) is 3.65. The van der Waals surface area contributed by atoms with Gasteiger partial charge in [0.2, 0.25) is 0 Å². The van der Waals surface area contributed by atoms with E-state index in [0.717, 1.165) is 14.0 Å². The maximum atomic E-state index is 11.1. The molecule has 1 atom stereocenters. The molecule has 0 fully saturated rings. The number of hydrogen-bond acceptors (Lipinski definition) is 5. The highest BCUT2D eigenvalue weighted by Crippen LogP contribution is 2.09. The molecule has 0 radical (unpaired) electrons. The van der Waals surface area contributed by atoms with Crippen molar-refractivity contribution in [2.75, 3.05) is 7.11 Å². The molecule has 0 spiro atoms. The Bertz CT molecular complexity index is 303. The van der Waals surface area contributed by atoms with Gasteiger partial charge in [-0.05, 0) is 13.8 Å². The lowest BCUT2D eigenvalue weighted by Gasteiger charge is -2.10. The molecule has 0 amide bonds. The van der Waals surface area contributed by atoms with Crippen molar-refractivity contribution in [3.05, 3.63) is 0 Å². The largest absolute Gasteiger partial charge is 0.300 e. The minimum Gasteiger partial charge on any atom is -0.300 e. The first kappa shape index (κ1) is 12.2. The van der Waals surface area contributed by atoms with Gasteiger partial charge in [-0.15, -0.1) is 0 Å². The number of ketones is 2. The van der Waals surface area contributed by atoms with Gasteiger partial charge in [0.1, 0.15) is 5.78 Å². The predicted molar refractivity (Wildman–Crippen MR) is 45.7 cm³/mol. The molecule has 0 bridgehead atoms. The third-order valence-electron chi connectivity index (χ3n) is 1.51. The van der Waals surface area contributed by atoms with Crippen molar-refractivity contribution < 1.29 is 22.2 Å². The van der Waals surface area contributed by atoms with Gasteiger partial charge in [0.05, 0.1) is 7.11 Å². The molecule has 0 aliphatic carbocycles. The van der Waals surface area contributed by atoms with Crippen LogP contribution in [0.2, 0.25) is 0 Å². The Kier molecular flexibility index (Phi) is 4.22. The van der Waals surface area contributed by atoms with E-state index in [9.17, 15) is 18.0 Å². The van der Waals surface area contributed by atoms with Gasteiger partial charge < -0.3 is 0 Å². The van der Waals surface area contributed by atoms with E-state index in [4.69, 9.17) is 0 Å². The zero-order valence-corrected chi connectivity index (χ0v) is 8.55. The molecule has 0 aromatic rings. The molecule has 0 aromatic heterocycles. The Morgan fingerprint density at radius 3 is 2.00 bits per heavy atom. The fourth-order valence-electron chi connectivity index (χ4n) is 0.826. The van der Waals surface area contributed by atoms with Gasteiger partial charge in [-0.3, -0.25) is 13.8 Å². The summed E-state index contributed by atoms with van der Waals surface area (Å²) >= 11 is 0. The second kappa shape index (κ2) is 4.48. The van der Waals surface area contributed by atoms with E-state index in [0.29, 0.717) is 0 Å². The van der Waals surface area contributed by atoms with E-state index in [1.807, 2.05) is 0 Å². The SMILES string of the molecule is COS(=O)(=O)C(CC(C)=O)C(C)=O. The summed E-state index contributed by atoms with van der Waals surface area (Å²) in [4.78, 5) is 21.5. The molecule has 0 heterocycles. The van der Waals surface area contributed by atoms with E-state index >= 15 is 0 Å². The maximum absolute atomic E-state index is 11.1. The Balaban J connectivity index is 4.83. The van der Waals surface area contributed by atoms with E-state index in [1.165, 1.54) is 6.92 Å². The topological polar surface area (TPSA) is 77.5 Å². The normalized spacial score (nSPS) is 13.8. The van der Waals surface area contributed by atoms with Crippen LogP contribution in [0.25, 0.3) is 0 Å². The summed E-state index contributed by atoms with van der Waals surface area (Å²) in [5.41, 5.74) is 0. The maximum Gasteiger partial charge on any atom is 0.277 e. The minimum atomic E-state index is -3.92. The fraction of sp³-hybridized carbons (Fsp3) is 0.714. The summed E-state index contributed by atoms with van der Waals surface area (Å²) in [6, 6.07) is 0. The highest BCUT2D eigenvalue weighted by Gasteiger charge is 2.30. The van der Waals surface area contributed by atoms with Crippen LogP contribution >= 0.6 is 0 Å². The summed E-state index contributed by atoms with van der Waals surface area (Å²) in [7, 11) is -2.96. The lowest BCUT2D eigenvalue weighted by Crippen LogP contribution is -2.31. The first-order valence-electron chi connectivity index (χ1n) is 3.60. The molecule has 6 heteroatoms. The smallest absolute Gasteiger partial charge is 0.277 e. The van der Waals surface area contributed by atoms with Crippen LogP contribution in [-0.2, 0) is 23.9 Å². The van der Waals surface area contributed by atoms with Crippen LogP contribution in [0.1, 0.15) is 20.3 Å². The summed E-state index contributed by atoms with van der Waals surface area (Å²) in [6.45, 7) is 2.34. The van der Waals surface area contributed by atoms with E-state index in [1.54, 1.807) is 0 Å². The first-order chi connectivity index (χ1) is 5.81. The van der Waals surface area contributed by atoms with Crippen LogP contribution < -0.4 is 0 Å². The average molecular weight is 208 g/mol. The Morgan fingerprint density at radius 2 is 1.77 bits per heavy atom. The van der Waals surface area contributed by atoms with Gasteiger partial charge in [0.15, 0.2) is 11.0 Å². The Hall–Kier alpha value is -0.750. The molecule has 0 N–H and O–H groups in total. The average Bonchev–Trinajstić information content (AvgIpc) is 1.99. The lowest BCUT2D eigenvalue weighted by atomic mass is 10.2. The van der Waals surface area contributed by atoms with E-state index < -0.39 is 21.2 Å². The molecule has 0 aliphatic rings. The number of carbonyl (C=O) groups excluding carboxylic acids is 2. The predicted octanol–water partition coefficient (Wildman–Crippen LogP) is -0.101. The fourth-order valence-corrected chi connectivity index (χ4v) is 1.90. The second-order valence-corrected chi connectivity index (χ2v) is 4.55. The van der Waals surface area contributed by atoms with Crippen LogP contribution in [0.4, 0.5) is 0 Å². The molecule has 0 saturated heterocycles. The molecule has 5 nitrogen and oxygen atoms in total. The molecule has 0 aromatic carbocycles. The van der Waals surface area contributed by atoms with Crippen molar-refractivity contribution in [2.45, 2.75) is 25.5 Å². The van der Waals surface area contributed by atoms with Crippen LogP contribution in [0.3, 0.4) is 0 Å². The zero-order valence-electron chi connectivity index (χ0n) is 7.73. The van der Waals surface area contributed by atoms with Crippen LogP contribution in [0, 0.1) is 0 Å². The van der Waals surface area contributed by atoms with Crippen LogP contribution in [-0.4, -0.2) is 32.3 Å². The van der Waals surface area contributed by atoms with Crippen molar-refractivity contribution in [2.24, 2.45) is 0 Å². The van der Waals surface area contributed by atoms with Gasteiger partial charge in [-0.2, -0.15) is 8.42 Å². The molecule has 0 aliphatic heterocycles. The van der Waals surface area contributed by atoms with E-state index in [2.05, 4.69) is 4.18 Å². The standard InChI is InChI=1S/C7H12O5S/c1-5(8)4-7(6(2)9)13(10,11)12-3/h7H,4H2,1-3H3. The molecule has 0 rings (SSSR count). The monoisotopic (exact) mass is 208 g/mol. The van der Waals surface area contributed by atoms with Crippen molar-refractivity contribution >= 4 is 21.7 Å². The summed E-state index contributed by atoms with van der Waals surface area (Å²) in [5.74, 6) is -0.946. The highest BCUT2D eigenvalue weighted by atomic mass is 32.2. The van der Waals surface area contributed by atoms with Crippen molar-refractivity contribution in [1.29, 1.82) is 0 Å². The number of hydrogen-bond donors (Lipinski definition) is 0.